The van der Waals surface area contributed by atoms with Gasteiger partial charge in [-0.15, -0.1) is 0 Å². The van der Waals surface area contributed by atoms with Crippen LogP contribution in [0.1, 0.15) is 27.1 Å². The number of amides is 2. The molecule has 34 heavy (non-hydrogen) atoms. The number of ketones is 1. The Kier molecular flexibility index (Phi) is 4.69. The molecule has 7 heteroatoms. The Morgan fingerprint density at radius 1 is 0.912 bits per heavy atom. The van der Waals surface area contributed by atoms with Gasteiger partial charge in [0.25, 0.3) is 0 Å². The van der Waals surface area contributed by atoms with Crippen molar-refractivity contribution in [3.05, 3.63) is 71.8 Å². The molecule has 0 radical (unpaired) electrons. The summed E-state index contributed by atoms with van der Waals surface area (Å²) >= 11 is 0. The maximum absolute atomic E-state index is 13.3. The van der Waals surface area contributed by atoms with Crippen molar-refractivity contribution in [1.82, 2.24) is 0 Å². The zero-order valence-corrected chi connectivity index (χ0v) is 18.5. The van der Waals surface area contributed by atoms with E-state index in [0.29, 0.717) is 28.8 Å². The van der Waals surface area contributed by atoms with Crippen LogP contribution in [0.25, 0.3) is 0 Å². The monoisotopic (exact) mass is 457 g/mol. The van der Waals surface area contributed by atoms with Crippen LogP contribution in [0.5, 0.6) is 5.75 Å². The number of anilines is 1. The average molecular weight is 457 g/mol. The highest BCUT2D eigenvalue weighted by Crippen LogP contribution is 2.65. The fourth-order valence-electron chi connectivity index (χ4n) is 6.06. The van der Waals surface area contributed by atoms with Gasteiger partial charge in [-0.3, -0.25) is 14.4 Å². The molecule has 2 aromatic rings. The molecule has 2 amide bonds. The Morgan fingerprint density at radius 2 is 1.56 bits per heavy atom. The highest BCUT2D eigenvalue weighted by Gasteiger charge is 2.67. The minimum absolute atomic E-state index is 0.138. The molecule has 0 aromatic heterocycles. The molecule has 4 aliphatic carbocycles. The molecule has 3 fully saturated rings. The molecule has 2 bridgehead atoms. The van der Waals surface area contributed by atoms with Gasteiger partial charge in [0.05, 0.1) is 30.2 Å². The van der Waals surface area contributed by atoms with Gasteiger partial charge in [0, 0.05) is 5.56 Å². The number of ether oxygens (including phenoxy) is 2. The number of allylic oxidation sites excluding steroid dienone is 2. The summed E-state index contributed by atoms with van der Waals surface area (Å²) in [6, 6.07) is 12.8. The average Bonchev–Trinajstić information content (AvgIpc) is 3.65. The van der Waals surface area contributed by atoms with Crippen molar-refractivity contribution in [3.8, 4) is 5.75 Å². The molecular formula is C27H23NO6. The first kappa shape index (κ1) is 20.8. The molecule has 1 aliphatic heterocycles. The van der Waals surface area contributed by atoms with Crippen molar-refractivity contribution in [3.63, 3.8) is 0 Å². The fourth-order valence-corrected chi connectivity index (χ4v) is 6.06. The smallest absolute Gasteiger partial charge is 0.338 e. The topological polar surface area (TPSA) is 90.0 Å². The highest BCUT2D eigenvalue weighted by atomic mass is 16.5. The standard InChI is InChI=1S/C27H23NO6/c1-33-17-7-5-14(6-8-17)22(29)13-34-27(32)15-3-2-4-16(11-15)28-25(30)23-18-9-10-19(21-12-20(18)21)24(23)26(28)31/h2-11,18-21,23-24H,12-13H2,1H3/t18-,19-,20-,21+,23+,24+/m0/s1. The van der Waals surface area contributed by atoms with E-state index in [0.717, 1.165) is 6.42 Å². The van der Waals surface area contributed by atoms with E-state index in [9.17, 15) is 19.2 Å². The first-order valence-electron chi connectivity index (χ1n) is 11.5. The molecule has 1 saturated heterocycles. The van der Waals surface area contributed by atoms with Gasteiger partial charge in [-0.1, -0.05) is 18.2 Å². The molecule has 0 N–H and O–H groups in total. The van der Waals surface area contributed by atoms with Crippen molar-refractivity contribution in [2.75, 3.05) is 18.6 Å². The number of nitrogens with zero attached hydrogens (tertiary/aromatic N) is 1. The predicted molar refractivity (Wildman–Crippen MR) is 121 cm³/mol. The summed E-state index contributed by atoms with van der Waals surface area (Å²) in [7, 11) is 1.54. The number of hydrogen-bond donors (Lipinski definition) is 0. The van der Waals surface area contributed by atoms with E-state index in [1.165, 1.54) is 18.1 Å². The molecule has 7 rings (SSSR count). The van der Waals surface area contributed by atoms with E-state index in [1.54, 1.807) is 42.5 Å². The molecule has 172 valence electrons. The molecule has 0 spiro atoms. The van der Waals surface area contributed by atoms with Gasteiger partial charge in [-0.2, -0.15) is 0 Å². The number of rotatable bonds is 6. The summed E-state index contributed by atoms with van der Waals surface area (Å²) < 4.78 is 10.3. The van der Waals surface area contributed by atoms with Crippen LogP contribution in [-0.4, -0.2) is 37.3 Å². The van der Waals surface area contributed by atoms with Crippen molar-refractivity contribution < 1.29 is 28.7 Å². The van der Waals surface area contributed by atoms with Crippen LogP contribution in [-0.2, 0) is 14.3 Å². The Morgan fingerprint density at radius 3 is 2.18 bits per heavy atom. The van der Waals surface area contributed by atoms with Gasteiger partial charge >= 0.3 is 5.97 Å². The quantitative estimate of drug-likeness (QED) is 0.286. The first-order chi connectivity index (χ1) is 16.5. The van der Waals surface area contributed by atoms with E-state index >= 15 is 0 Å². The van der Waals surface area contributed by atoms with E-state index in [-0.39, 0.29) is 46.8 Å². The van der Waals surface area contributed by atoms with Crippen LogP contribution in [0, 0.1) is 35.5 Å². The van der Waals surface area contributed by atoms with Gasteiger partial charge in [0.2, 0.25) is 11.8 Å². The number of methoxy groups -OCH3 is 1. The molecule has 6 atom stereocenters. The third kappa shape index (κ3) is 3.10. The van der Waals surface area contributed by atoms with Gasteiger partial charge in [-0.05, 0) is 72.6 Å². The molecule has 2 saturated carbocycles. The molecule has 2 aromatic carbocycles. The van der Waals surface area contributed by atoms with Crippen LogP contribution < -0.4 is 9.64 Å². The normalized spacial score (nSPS) is 30.1. The lowest BCUT2D eigenvalue weighted by Gasteiger charge is -2.37. The van der Waals surface area contributed by atoms with Crippen molar-refractivity contribution in [1.29, 1.82) is 0 Å². The third-order valence-electron chi connectivity index (χ3n) is 7.75. The maximum Gasteiger partial charge on any atom is 0.338 e. The zero-order valence-electron chi connectivity index (χ0n) is 18.5. The first-order valence-corrected chi connectivity index (χ1v) is 11.5. The Bertz CT molecular complexity index is 1210. The van der Waals surface area contributed by atoms with Gasteiger partial charge < -0.3 is 9.47 Å². The molecule has 0 unspecified atom stereocenters. The molecule has 7 nitrogen and oxygen atoms in total. The number of esters is 1. The summed E-state index contributed by atoms with van der Waals surface area (Å²) in [6.45, 7) is -0.418. The molecule has 1 heterocycles. The van der Waals surface area contributed by atoms with E-state index in [1.807, 2.05) is 0 Å². The van der Waals surface area contributed by atoms with Crippen LogP contribution in [0.2, 0.25) is 0 Å². The summed E-state index contributed by atoms with van der Waals surface area (Å²) in [5.74, 6) is -0.0530. The van der Waals surface area contributed by atoms with Crippen molar-refractivity contribution in [2.24, 2.45) is 35.5 Å². The second-order valence-electron chi connectivity index (χ2n) is 9.44. The number of benzene rings is 2. The Balaban J connectivity index is 1.17. The number of Topliss-reactive ketones (excluding diaryl/α,β-unsaturated/α-hetero) is 1. The minimum atomic E-state index is -0.691. The van der Waals surface area contributed by atoms with Crippen LogP contribution >= 0.6 is 0 Å². The number of imide groups is 1. The second-order valence-corrected chi connectivity index (χ2v) is 9.44. The lowest BCUT2D eigenvalue weighted by molar-refractivity contribution is -0.124. The third-order valence-corrected chi connectivity index (χ3v) is 7.75. The van der Waals surface area contributed by atoms with E-state index < -0.39 is 12.6 Å². The fraction of sp³-hybridized carbons (Fsp3) is 0.333. The molecular weight excluding hydrogens is 434 g/mol. The Hall–Kier alpha value is -3.74. The summed E-state index contributed by atoms with van der Waals surface area (Å²) in [6.07, 6.45) is 5.36. The summed E-state index contributed by atoms with van der Waals surface area (Å²) in [5, 5.41) is 0. The predicted octanol–water partition coefficient (Wildman–Crippen LogP) is 3.29. The molecule has 5 aliphatic rings. The maximum atomic E-state index is 13.3. The summed E-state index contributed by atoms with van der Waals surface area (Å²) in [5.41, 5.74) is 0.951. The second kappa shape index (κ2) is 7.65. The number of hydrogen-bond acceptors (Lipinski definition) is 6. The van der Waals surface area contributed by atoms with E-state index in [2.05, 4.69) is 12.2 Å². The van der Waals surface area contributed by atoms with E-state index in [4.69, 9.17) is 9.47 Å². The lowest BCUT2D eigenvalue weighted by Crippen LogP contribution is -2.40. The van der Waals surface area contributed by atoms with Crippen molar-refractivity contribution in [2.45, 2.75) is 6.42 Å². The van der Waals surface area contributed by atoms with Crippen LogP contribution in [0.15, 0.2) is 60.7 Å². The number of carbonyl (C=O) groups excluding carboxylic acids is 4. The minimum Gasteiger partial charge on any atom is -0.497 e. The van der Waals surface area contributed by atoms with Gasteiger partial charge in [-0.25, -0.2) is 9.69 Å². The highest BCUT2D eigenvalue weighted by molar-refractivity contribution is 6.23. The van der Waals surface area contributed by atoms with Crippen LogP contribution in [0.3, 0.4) is 0 Å². The summed E-state index contributed by atoms with van der Waals surface area (Å²) in [4.78, 5) is 52.8. The number of carbonyl (C=O) groups is 4. The Labute approximate surface area is 196 Å². The lowest BCUT2D eigenvalue weighted by atomic mass is 9.63. The van der Waals surface area contributed by atoms with Crippen molar-refractivity contribution >= 4 is 29.3 Å². The largest absolute Gasteiger partial charge is 0.497 e. The van der Waals surface area contributed by atoms with Gasteiger partial charge in [0.1, 0.15) is 5.75 Å². The zero-order chi connectivity index (χ0) is 23.6. The SMILES string of the molecule is COc1ccc(C(=O)COC(=O)c2cccc(N3C(=O)[C@@H]4[C@H]5C=C[C@@H]([C@@H]6C[C@H]56)[C@H]4C3=O)c2)cc1. The van der Waals surface area contributed by atoms with Gasteiger partial charge in [0.15, 0.2) is 12.4 Å². The van der Waals surface area contributed by atoms with Crippen LogP contribution in [0.4, 0.5) is 5.69 Å².